The summed E-state index contributed by atoms with van der Waals surface area (Å²) in [5, 5.41) is 7.15. The summed E-state index contributed by atoms with van der Waals surface area (Å²) >= 11 is 0. The van der Waals surface area contributed by atoms with Gasteiger partial charge in [0.15, 0.2) is 0 Å². The molecule has 4 aliphatic rings. The minimum atomic E-state index is -3.64. The van der Waals surface area contributed by atoms with Crippen LogP contribution in [0.3, 0.4) is 0 Å². The van der Waals surface area contributed by atoms with Gasteiger partial charge in [0, 0.05) is 35.3 Å². The van der Waals surface area contributed by atoms with Gasteiger partial charge in [-0.25, -0.2) is 21.2 Å². The van der Waals surface area contributed by atoms with Gasteiger partial charge < -0.3 is 20.4 Å². The Morgan fingerprint density at radius 3 is 1.43 bits per heavy atom. The maximum atomic E-state index is 13.1. The molecule has 0 amide bonds. The average molecular weight is 703 g/mol. The van der Waals surface area contributed by atoms with Crippen molar-refractivity contribution in [3.05, 3.63) is 108 Å². The predicted octanol–water partition coefficient (Wildman–Crippen LogP) is 6.38. The van der Waals surface area contributed by atoms with E-state index in [0.29, 0.717) is 33.7 Å². The maximum absolute atomic E-state index is 13.1. The van der Waals surface area contributed by atoms with Crippen molar-refractivity contribution < 1.29 is 21.2 Å². The molecule has 0 aliphatic carbocycles. The van der Waals surface area contributed by atoms with Crippen LogP contribution in [-0.2, 0) is 19.7 Å². The SMILES string of the molecule is CN1CC[C@H]2Nc3ccc(S(=O)(=O)c4ccc(F)cc4)cc3[C@@H]2CC1.CN1CC[C@H]2Nc3ccc(S(=O)(=O)c4ccccc4)cc3[C@@H]2CC1. The zero-order valence-electron chi connectivity index (χ0n) is 27.8. The van der Waals surface area contributed by atoms with E-state index in [1.807, 2.05) is 24.3 Å². The molecular weight excluding hydrogens is 660 g/mol. The van der Waals surface area contributed by atoms with E-state index in [4.69, 9.17) is 0 Å². The van der Waals surface area contributed by atoms with Crippen LogP contribution in [0.5, 0.6) is 0 Å². The summed E-state index contributed by atoms with van der Waals surface area (Å²) in [6.45, 7) is 4.19. The van der Waals surface area contributed by atoms with Crippen LogP contribution in [0.2, 0.25) is 0 Å². The fourth-order valence-corrected chi connectivity index (χ4v) is 10.3. The number of nitrogens with one attached hydrogen (secondary N) is 2. The summed E-state index contributed by atoms with van der Waals surface area (Å²) in [6, 6.07) is 25.3. The lowest BCUT2D eigenvalue weighted by atomic mass is 9.91. The number of sulfone groups is 2. The van der Waals surface area contributed by atoms with E-state index < -0.39 is 25.5 Å². The van der Waals surface area contributed by atoms with Gasteiger partial charge in [0.2, 0.25) is 19.7 Å². The van der Waals surface area contributed by atoms with Gasteiger partial charge in [0.05, 0.1) is 19.6 Å². The Bertz CT molecular complexity index is 2040. The van der Waals surface area contributed by atoms with E-state index in [2.05, 4.69) is 34.5 Å². The molecule has 4 heterocycles. The maximum Gasteiger partial charge on any atom is 0.206 e. The molecule has 4 atom stereocenters. The Hall–Kier alpha value is -3.77. The highest BCUT2D eigenvalue weighted by molar-refractivity contribution is 7.91. The van der Waals surface area contributed by atoms with Crippen LogP contribution >= 0.6 is 0 Å². The molecule has 2 saturated heterocycles. The Morgan fingerprint density at radius 1 is 0.551 bits per heavy atom. The molecule has 4 aliphatic heterocycles. The molecule has 4 aromatic rings. The summed E-state index contributed by atoms with van der Waals surface area (Å²) in [6.07, 6.45) is 4.23. The summed E-state index contributed by atoms with van der Waals surface area (Å²) in [5.74, 6) is 0.293. The van der Waals surface area contributed by atoms with Crippen molar-refractivity contribution in [1.29, 1.82) is 0 Å². The third-order valence-corrected chi connectivity index (χ3v) is 14.1. The second-order valence-corrected chi connectivity index (χ2v) is 17.6. The van der Waals surface area contributed by atoms with Crippen molar-refractivity contribution >= 4 is 31.0 Å². The number of likely N-dealkylation sites (tertiary alicyclic amines) is 2. The van der Waals surface area contributed by atoms with Crippen LogP contribution in [-0.4, -0.2) is 79.0 Å². The number of fused-ring (bicyclic) bond motifs is 6. The van der Waals surface area contributed by atoms with Crippen LogP contribution < -0.4 is 10.6 Å². The van der Waals surface area contributed by atoms with Crippen LogP contribution in [0.1, 0.15) is 48.6 Å². The smallest absolute Gasteiger partial charge is 0.206 e. The first-order valence-electron chi connectivity index (χ1n) is 17.0. The minimum absolute atomic E-state index is 0.122. The summed E-state index contributed by atoms with van der Waals surface area (Å²) in [7, 11) is -2.82. The first-order chi connectivity index (χ1) is 23.5. The first kappa shape index (κ1) is 33.7. The van der Waals surface area contributed by atoms with E-state index in [0.717, 1.165) is 74.4 Å². The molecule has 2 N–H and O–H groups in total. The molecule has 258 valence electrons. The van der Waals surface area contributed by atoms with Crippen molar-refractivity contribution in [2.75, 3.05) is 50.9 Å². The topological polar surface area (TPSA) is 98.8 Å². The number of rotatable bonds is 4. The molecule has 2 fully saturated rings. The highest BCUT2D eigenvalue weighted by atomic mass is 32.2. The number of hydrogen-bond acceptors (Lipinski definition) is 8. The van der Waals surface area contributed by atoms with Crippen LogP contribution in [0, 0.1) is 5.82 Å². The molecule has 8 nitrogen and oxygen atoms in total. The minimum Gasteiger partial charge on any atom is -0.381 e. The van der Waals surface area contributed by atoms with Crippen molar-refractivity contribution in [3.63, 3.8) is 0 Å². The van der Waals surface area contributed by atoms with Crippen LogP contribution in [0.25, 0.3) is 0 Å². The van der Waals surface area contributed by atoms with Gasteiger partial charge in [-0.15, -0.1) is 0 Å². The summed E-state index contributed by atoms with van der Waals surface area (Å²) in [5.41, 5.74) is 4.38. The van der Waals surface area contributed by atoms with Gasteiger partial charge in [0.1, 0.15) is 5.82 Å². The molecule has 0 aromatic heterocycles. The highest BCUT2D eigenvalue weighted by Crippen LogP contribution is 2.43. The Kier molecular flexibility index (Phi) is 9.29. The van der Waals surface area contributed by atoms with E-state index in [-0.39, 0.29) is 9.79 Å². The fourth-order valence-electron chi connectivity index (χ4n) is 7.73. The quantitative estimate of drug-likeness (QED) is 0.237. The van der Waals surface area contributed by atoms with Crippen molar-refractivity contribution in [2.45, 2.75) is 69.2 Å². The van der Waals surface area contributed by atoms with Gasteiger partial charge in [-0.1, -0.05) is 18.2 Å². The zero-order chi connectivity index (χ0) is 34.3. The first-order valence-corrected chi connectivity index (χ1v) is 20.0. The lowest BCUT2D eigenvalue weighted by molar-refractivity contribution is 0.346. The molecule has 0 saturated carbocycles. The second kappa shape index (κ2) is 13.5. The molecule has 4 aromatic carbocycles. The molecule has 0 spiro atoms. The van der Waals surface area contributed by atoms with E-state index in [1.54, 1.807) is 42.5 Å². The standard InChI is InChI=1S/C19H21FN2O2S.C19H22N2O2S/c1-22-10-8-16-17-12-15(6-7-18(17)21-19(16)9-11-22)25(23,24)14-4-2-13(20)3-5-14;1-21-11-9-16-17-13-15(7-8-18(17)20-19(16)10-12-21)24(22,23)14-5-3-2-4-6-14/h2-7,12,16,19,21H,8-11H2,1H3;2-8,13,16,19-20H,9-12H2,1H3/t2*16-,19+/m00/s1. The van der Waals surface area contributed by atoms with Gasteiger partial charge in [-0.05, 0) is 150 Å². The predicted molar refractivity (Wildman–Crippen MR) is 190 cm³/mol. The Morgan fingerprint density at radius 2 is 0.959 bits per heavy atom. The molecule has 8 rings (SSSR count). The van der Waals surface area contributed by atoms with E-state index >= 15 is 0 Å². The fraction of sp³-hybridized carbons (Fsp3) is 0.368. The molecule has 11 heteroatoms. The lowest BCUT2D eigenvalue weighted by Gasteiger charge is -2.16. The van der Waals surface area contributed by atoms with Crippen molar-refractivity contribution in [3.8, 4) is 0 Å². The van der Waals surface area contributed by atoms with E-state index in [9.17, 15) is 21.2 Å². The van der Waals surface area contributed by atoms with Crippen LogP contribution in [0.4, 0.5) is 15.8 Å². The number of halogens is 1. The Labute approximate surface area is 289 Å². The normalized spacial score (nSPS) is 23.7. The monoisotopic (exact) mass is 702 g/mol. The number of nitrogens with zero attached hydrogens (tertiary/aromatic N) is 2. The largest absolute Gasteiger partial charge is 0.381 e. The van der Waals surface area contributed by atoms with Crippen molar-refractivity contribution in [1.82, 2.24) is 9.80 Å². The van der Waals surface area contributed by atoms with Gasteiger partial charge in [0.25, 0.3) is 0 Å². The lowest BCUT2D eigenvalue weighted by Crippen LogP contribution is -2.22. The molecule has 0 unspecified atom stereocenters. The van der Waals surface area contributed by atoms with E-state index in [1.165, 1.54) is 24.3 Å². The van der Waals surface area contributed by atoms with Crippen molar-refractivity contribution in [2.24, 2.45) is 0 Å². The summed E-state index contributed by atoms with van der Waals surface area (Å²) in [4.78, 5) is 5.82. The van der Waals surface area contributed by atoms with Gasteiger partial charge >= 0.3 is 0 Å². The highest BCUT2D eigenvalue weighted by Gasteiger charge is 2.36. The molecule has 49 heavy (non-hydrogen) atoms. The van der Waals surface area contributed by atoms with Gasteiger partial charge in [-0.3, -0.25) is 0 Å². The Balaban J connectivity index is 0.000000154. The number of benzene rings is 4. The molecule has 0 radical (unpaired) electrons. The number of anilines is 2. The summed E-state index contributed by atoms with van der Waals surface area (Å²) < 4.78 is 64.6. The molecule has 0 bridgehead atoms. The second-order valence-electron chi connectivity index (χ2n) is 13.7. The van der Waals surface area contributed by atoms with Gasteiger partial charge in [-0.2, -0.15) is 0 Å². The zero-order valence-corrected chi connectivity index (χ0v) is 29.5. The third kappa shape index (κ3) is 6.73. The van der Waals surface area contributed by atoms with Crippen LogP contribution in [0.15, 0.2) is 111 Å². The third-order valence-electron chi connectivity index (χ3n) is 10.6. The average Bonchev–Trinajstić information content (AvgIpc) is 3.50. The molecular formula is C38H43FN4O4S2. The number of hydrogen-bond donors (Lipinski definition) is 2.